The van der Waals surface area contributed by atoms with Gasteiger partial charge < -0.3 is 5.32 Å². The molecule has 150 valence electrons. The summed E-state index contributed by atoms with van der Waals surface area (Å²) in [4.78, 5) is 0.0277. The van der Waals surface area contributed by atoms with Crippen molar-refractivity contribution in [2.24, 2.45) is 0 Å². The van der Waals surface area contributed by atoms with Crippen molar-refractivity contribution in [3.8, 4) is 0 Å². The van der Waals surface area contributed by atoms with Gasteiger partial charge in [0.15, 0.2) is 9.84 Å². The summed E-state index contributed by atoms with van der Waals surface area (Å²) in [5.74, 6) is 0. The lowest BCUT2D eigenvalue weighted by Gasteiger charge is -2.16. The van der Waals surface area contributed by atoms with E-state index in [9.17, 15) is 16.8 Å². The molecule has 0 amide bonds. The Bertz CT molecular complexity index is 787. The van der Waals surface area contributed by atoms with Crippen LogP contribution in [0.15, 0.2) is 28.0 Å². The molecule has 2 rings (SSSR count). The Morgan fingerprint density at radius 3 is 2.19 bits per heavy atom. The average molecular weight is 425 g/mol. The Kier molecular flexibility index (Phi) is 9.02. The highest BCUT2D eigenvalue weighted by molar-refractivity contribution is 7.91. The maximum absolute atomic E-state index is 12.5. The minimum absolute atomic E-state index is 0. The smallest absolute Gasteiger partial charge is 0.240 e. The molecule has 9 heteroatoms. The monoisotopic (exact) mass is 424 g/mol. The Hall–Kier alpha value is -0.670. The van der Waals surface area contributed by atoms with Crippen molar-refractivity contribution in [1.29, 1.82) is 0 Å². The zero-order chi connectivity index (χ0) is 18.5. The van der Waals surface area contributed by atoms with Gasteiger partial charge in [-0.05, 0) is 37.5 Å². The van der Waals surface area contributed by atoms with Crippen LogP contribution in [0, 0.1) is 6.92 Å². The van der Waals surface area contributed by atoms with Crippen LogP contribution in [0.1, 0.15) is 44.1 Å². The van der Waals surface area contributed by atoms with Gasteiger partial charge in [0, 0.05) is 25.4 Å². The van der Waals surface area contributed by atoms with Crippen LogP contribution < -0.4 is 10.0 Å². The van der Waals surface area contributed by atoms with Crippen LogP contribution in [0.5, 0.6) is 0 Å². The summed E-state index contributed by atoms with van der Waals surface area (Å²) in [5.41, 5.74) is 0.525. The number of aryl methyl sites for hydroxylation is 1. The Balaban J connectivity index is 0.00000338. The third-order valence-corrected chi connectivity index (χ3v) is 7.30. The Morgan fingerprint density at radius 1 is 1.00 bits per heavy atom. The standard InChI is InChI=1S/C17H28N2O4S2.ClH/c1-14-9-10-16(24(2,20)21)13-17(14)25(22,23)19-12-11-18-15-7-5-3-4-6-8-15;/h9-10,13,15,18-19H,3-8,11-12H2,1-2H3;1H. The first-order chi connectivity index (χ1) is 11.7. The van der Waals surface area contributed by atoms with E-state index >= 15 is 0 Å². The number of halogens is 1. The van der Waals surface area contributed by atoms with E-state index in [4.69, 9.17) is 0 Å². The Labute approximate surface area is 163 Å². The van der Waals surface area contributed by atoms with Crippen LogP contribution in [0.3, 0.4) is 0 Å². The summed E-state index contributed by atoms with van der Waals surface area (Å²) < 4.78 is 50.9. The zero-order valence-electron chi connectivity index (χ0n) is 15.3. The van der Waals surface area contributed by atoms with Crippen LogP contribution in [0.4, 0.5) is 0 Å². The second-order valence-electron chi connectivity index (χ2n) is 6.74. The van der Waals surface area contributed by atoms with Crippen molar-refractivity contribution >= 4 is 32.3 Å². The largest absolute Gasteiger partial charge is 0.313 e. The molecule has 0 unspecified atom stereocenters. The number of nitrogens with one attached hydrogen (secondary N) is 2. The maximum Gasteiger partial charge on any atom is 0.240 e. The molecule has 1 aromatic rings. The van der Waals surface area contributed by atoms with Gasteiger partial charge >= 0.3 is 0 Å². The summed E-state index contributed by atoms with van der Waals surface area (Å²) in [5, 5.41) is 3.41. The third-order valence-electron chi connectivity index (χ3n) is 4.58. The minimum atomic E-state index is -3.74. The molecule has 1 aromatic carbocycles. The molecule has 0 atom stereocenters. The molecule has 1 aliphatic carbocycles. The molecule has 0 saturated heterocycles. The fourth-order valence-electron chi connectivity index (χ4n) is 3.12. The van der Waals surface area contributed by atoms with Gasteiger partial charge in [-0.2, -0.15) is 0 Å². The van der Waals surface area contributed by atoms with E-state index in [0.717, 1.165) is 19.1 Å². The molecular weight excluding hydrogens is 396 g/mol. The highest BCUT2D eigenvalue weighted by Crippen LogP contribution is 2.20. The van der Waals surface area contributed by atoms with E-state index in [1.165, 1.54) is 43.9 Å². The van der Waals surface area contributed by atoms with Crippen LogP contribution in [0.25, 0.3) is 0 Å². The molecule has 0 spiro atoms. The van der Waals surface area contributed by atoms with E-state index in [0.29, 0.717) is 18.2 Å². The molecule has 0 heterocycles. The molecule has 0 aromatic heterocycles. The van der Waals surface area contributed by atoms with Crippen LogP contribution in [-0.4, -0.2) is 42.2 Å². The van der Waals surface area contributed by atoms with E-state index in [1.807, 2.05) is 0 Å². The SMILES string of the molecule is Cc1ccc(S(C)(=O)=O)cc1S(=O)(=O)NCCNC1CCCCCC1.Cl. The fourth-order valence-corrected chi connectivity index (χ4v) is 5.15. The van der Waals surface area contributed by atoms with Crippen molar-refractivity contribution < 1.29 is 16.8 Å². The lowest BCUT2D eigenvalue weighted by Crippen LogP contribution is -2.37. The average Bonchev–Trinajstić information content (AvgIpc) is 2.79. The van der Waals surface area contributed by atoms with E-state index < -0.39 is 19.9 Å². The van der Waals surface area contributed by atoms with E-state index in [1.54, 1.807) is 6.92 Å². The van der Waals surface area contributed by atoms with Gasteiger partial charge in [0.1, 0.15) is 0 Å². The molecule has 1 saturated carbocycles. The van der Waals surface area contributed by atoms with Gasteiger partial charge in [-0.1, -0.05) is 31.7 Å². The van der Waals surface area contributed by atoms with Gasteiger partial charge in [-0.3, -0.25) is 0 Å². The summed E-state index contributed by atoms with van der Waals surface area (Å²) >= 11 is 0. The predicted molar refractivity (Wildman–Crippen MR) is 106 cm³/mol. The summed E-state index contributed by atoms with van der Waals surface area (Å²) in [6.45, 7) is 2.50. The predicted octanol–water partition coefficient (Wildman–Crippen LogP) is 2.41. The first-order valence-electron chi connectivity index (χ1n) is 8.74. The van der Waals surface area contributed by atoms with E-state index in [-0.39, 0.29) is 28.7 Å². The second kappa shape index (κ2) is 10.0. The third kappa shape index (κ3) is 6.81. The van der Waals surface area contributed by atoms with Gasteiger partial charge in [-0.15, -0.1) is 12.4 Å². The molecule has 0 aliphatic heterocycles. The fraction of sp³-hybridized carbons (Fsp3) is 0.647. The quantitative estimate of drug-likeness (QED) is 0.518. The Morgan fingerprint density at radius 2 is 1.62 bits per heavy atom. The number of sulfone groups is 1. The summed E-state index contributed by atoms with van der Waals surface area (Å²) in [7, 11) is -7.19. The van der Waals surface area contributed by atoms with Gasteiger partial charge in [0.25, 0.3) is 0 Å². The van der Waals surface area contributed by atoms with Crippen molar-refractivity contribution in [3.05, 3.63) is 23.8 Å². The zero-order valence-corrected chi connectivity index (χ0v) is 17.8. The molecule has 1 aliphatic rings. The highest BCUT2D eigenvalue weighted by atomic mass is 35.5. The van der Waals surface area contributed by atoms with Crippen molar-refractivity contribution in [1.82, 2.24) is 10.0 Å². The van der Waals surface area contributed by atoms with Crippen LogP contribution in [0.2, 0.25) is 0 Å². The van der Waals surface area contributed by atoms with Crippen LogP contribution >= 0.6 is 12.4 Å². The second-order valence-corrected chi connectivity index (χ2v) is 10.5. The molecule has 6 nitrogen and oxygen atoms in total. The normalized spacial score (nSPS) is 16.7. The van der Waals surface area contributed by atoms with Crippen molar-refractivity contribution in [2.45, 2.75) is 61.3 Å². The molecule has 26 heavy (non-hydrogen) atoms. The lowest BCUT2D eigenvalue weighted by molar-refractivity contribution is 0.461. The number of benzene rings is 1. The number of sulfonamides is 1. The molecule has 1 fully saturated rings. The van der Waals surface area contributed by atoms with Gasteiger partial charge in [0.2, 0.25) is 10.0 Å². The lowest BCUT2D eigenvalue weighted by atomic mass is 10.1. The van der Waals surface area contributed by atoms with E-state index in [2.05, 4.69) is 10.0 Å². The van der Waals surface area contributed by atoms with Crippen LogP contribution in [-0.2, 0) is 19.9 Å². The minimum Gasteiger partial charge on any atom is -0.313 e. The highest BCUT2D eigenvalue weighted by Gasteiger charge is 2.20. The number of rotatable bonds is 7. The van der Waals surface area contributed by atoms with Gasteiger partial charge in [-0.25, -0.2) is 21.6 Å². The molecular formula is C17H29ClN2O4S2. The number of hydrogen-bond donors (Lipinski definition) is 2. The maximum atomic E-state index is 12.5. The molecule has 2 N–H and O–H groups in total. The van der Waals surface area contributed by atoms with Gasteiger partial charge in [0.05, 0.1) is 9.79 Å². The summed E-state index contributed by atoms with van der Waals surface area (Å²) in [6.07, 6.45) is 8.35. The first kappa shape index (κ1) is 23.4. The number of hydrogen-bond acceptors (Lipinski definition) is 5. The van der Waals surface area contributed by atoms with Crippen molar-refractivity contribution in [3.63, 3.8) is 0 Å². The summed E-state index contributed by atoms with van der Waals surface area (Å²) in [6, 6.07) is 4.64. The first-order valence-corrected chi connectivity index (χ1v) is 12.1. The topological polar surface area (TPSA) is 92.3 Å². The molecule has 0 radical (unpaired) electrons. The molecule has 0 bridgehead atoms. The van der Waals surface area contributed by atoms with Crippen molar-refractivity contribution in [2.75, 3.05) is 19.3 Å².